The van der Waals surface area contributed by atoms with E-state index in [2.05, 4.69) is 5.10 Å². The molecule has 0 bridgehead atoms. The Morgan fingerprint density at radius 3 is 2.63 bits per heavy atom. The Morgan fingerprint density at radius 2 is 1.89 bits per heavy atom. The van der Waals surface area contributed by atoms with Gasteiger partial charge in [0.25, 0.3) is 5.91 Å². The van der Waals surface area contributed by atoms with Crippen molar-refractivity contribution in [2.45, 2.75) is 6.54 Å². The van der Waals surface area contributed by atoms with Crippen molar-refractivity contribution in [3.05, 3.63) is 82.7 Å². The van der Waals surface area contributed by atoms with Gasteiger partial charge in [-0.15, -0.1) is 0 Å². The molecule has 8 nitrogen and oxygen atoms in total. The Morgan fingerprint density at radius 1 is 1.19 bits per heavy atom. The van der Waals surface area contributed by atoms with Crippen LogP contribution in [0.3, 0.4) is 0 Å². The predicted octanol–water partition coefficient (Wildman–Crippen LogP) is 2.82. The molecule has 0 aliphatic rings. The average Bonchev–Trinajstić information content (AvgIpc) is 3.15. The van der Waals surface area contributed by atoms with E-state index < -0.39 is 4.92 Å². The van der Waals surface area contributed by atoms with Gasteiger partial charge in [-0.25, -0.2) is 4.68 Å². The van der Waals surface area contributed by atoms with Crippen LogP contribution in [-0.2, 0) is 11.3 Å². The normalized spacial score (nSPS) is 10.4. The standard InChI is InChI=1S/C19H18N4O4/c1-21(12-15-11-20-22(13-15)16-7-3-2-4-8-16)19(24)14-27-18-10-6-5-9-17(18)23(25)26/h2-11,13H,12,14H2,1H3. The summed E-state index contributed by atoms with van der Waals surface area (Å²) >= 11 is 0. The molecular formula is C19H18N4O4. The molecule has 1 aromatic heterocycles. The first kappa shape index (κ1) is 18.1. The van der Waals surface area contributed by atoms with Gasteiger partial charge in [0, 0.05) is 31.4 Å². The molecule has 27 heavy (non-hydrogen) atoms. The minimum atomic E-state index is -0.540. The molecule has 1 heterocycles. The van der Waals surface area contributed by atoms with E-state index in [4.69, 9.17) is 4.74 Å². The fourth-order valence-corrected chi connectivity index (χ4v) is 2.51. The predicted molar refractivity (Wildman–Crippen MR) is 98.6 cm³/mol. The third-order valence-electron chi connectivity index (χ3n) is 3.92. The van der Waals surface area contributed by atoms with Crippen LogP contribution in [0.25, 0.3) is 5.69 Å². The van der Waals surface area contributed by atoms with Crippen LogP contribution in [0.2, 0.25) is 0 Å². The second kappa shape index (κ2) is 8.13. The van der Waals surface area contributed by atoms with Crippen molar-refractivity contribution in [3.8, 4) is 11.4 Å². The van der Waals surface area contributed by atoms with E-state index in [0.29, 0.717) is 6.54 Å². The summed E-state index contributed by atoms with van der Waals surface area (Å²) in [5.74, 6) is -0.221. The fraction of sp³-hybridized carbons (Fsp3) is 0.158. The van der Waals surface area contributed by atoms with Gasteiger partial charge in [-0.05, 0) is 18.2 Å². The van der Waals surface area contributed by atoms with Gasteiger partial charge in [0.2, 0.25) is 0 Å². The van der Waals surface area contributed by atoms with Crippen molar-refractivity contribution in [2.75, 3.05) is 13.7 Å². The number of benzene rings is 2. The highest BCUT2D eigenvalue weighted by Crippen LogP contribution is 2.25. The summed E-state index contributed by atoms with van der Waals surface area (Å²) in [6.07, 6.45) is 3.54. The van der Waals surface area contributed by atoms with E-state index in [1.54, 1.807) is 30.1 Å². The monoisotopic (exact) mass is 366 g/mol. The molecule has 0 fully saturated rings. The minimum Gasteiger partial charge on any atom is -0.477 e. The van der Waals surface area contributed by atoms with Crippen molar-refractivity contribution in [1.29, 1.82) is 0 Å². The molecule has 138 valence electrons. The third-order valence-corrected chi connectivity index (χ3v) is 3.92. The van der Waals surface area contributed by atoms with E-state index in [-0.39, 0.29) is 24.0 Å². The maximum atomic E-state index is 12.3. The molecule has 0 N–H and O–H groups in total. The smallest absolute Gasteiger partial charge is 0.310 e. The molecule has 0 spiro atoms. The summed E-state index contributed by atoms with van der Waals surface area (Å²) in [6, 6.07) is 15.6. The van der Waals surface area contributed by atoms with Gasteiger partial charge < -0.3 is 9.64 Å². The molecule has 8 heteroatoms. The highest BCUT2D eigenvalue weighted by Gasteiger charge is 2.17. The van der Waals surface area contributed by atoms with Crippen LogP contribution < -0.4 is 4.74 Å². The highest BCUT2D eigenvalue weighted by molar-refractivity contribution is 5.77. The first-order chi connectivity index (χ1) is 13.0. The number of nitro groups is 1. The molecule has 0 unspecified atom stereocenters. The number of rotatable bonds is 7. The van der Waals surface area contributed by atoms with Crippen LogP contribution in [-0.4, -0.2) is 39.2 Å². The van der Waals surface area contributed by atoms with Gasteiger partial charge in [-0.2, -0.15) is 5.10 Å². The SMILES string of the molecule is CN(Cc1cnn(-c2ccccc2)c1)C(=O)COc1ccccc1[N+](=O)[O-]. The second-order valence-electron chi connectivity index (χ2n) is 5.89. The number of nitro benzene ring substituents is 1. The van der Waals surface area contributed by atoms with Gasteiger partial charge in [-0.1, -0.05) is 30.3 Å². The molecule has 0 atom stereocenters. The zero-order valence-electron chi connectivity index (χ0n) is 14.7. The summed E-state index contributed by atoms with van der Waals surface area (Å²) in [7, 11) is 1.64. The molecule has 0 radical (unpaired) electrons. The number of nitrogens with zero attached hydrogens (tertiary/aromatic N) is 4. The lowest BCUT2D eigenvalue weighted by atomic mass is 10.3. The van der Waals surface area contributed by atoms with Crippen LogP contribution in [0.15, 0.2) is 67.0 Å². The van der Waals surface area contributed by atoms with Gasteiger partial charge in [0.15, 0.2) is 12.4 Å². The molecule has 1 amide bonds. The van der Waals surface area contributed by atoms with E-state index in [0.717, 1.165) is 11.3 Å². The van der Waals surface area contributed by atoms with Gasteiger partial charge >= 0.3 is 5.69 Å². The molecule has 0 saturated carbocycles. The summed E-state index contributed by atoms with van der Waals surface area (Å²) in [6.45, 7) is 0.0695. The zero-order valence-corrected chi connectivity index (χ0v) is 14.7. The molecule has 0 aliphatic carbocycles. The Balaban J connectivity index is 1.59. The molecular weight excluding hydrogens is 348 g/mol. The third kappa shape index (κ3) is 4.49. The van der Waals surface area contributed by atoms with Crippen molar-refractivity contribution in [3.63, 3.8) is 0 Å². The van der Waals surface area contributed by atoms with Crippen LogP contribution in [0.5, 0.6) is 5.75 Å². The number of para-hydroxylation sites is 3. The Kier molecular flexibility index (Phi) is 5.46. The van der Waals surface area contributed by atoms with Gasteiger partial charge in [-0.3, -0.25) is 14.9 Å². The number of ether oxygens (including phenoxy) is 1. The summed E-state index contributed by atoms with van der Waals surface area (Å²) in [4.78, 5) is 24.2. The summed E-state index contributed by atoms with van der Waals surface area (Å²) in [5, 5.41) is 15.3. The number of aromatic nitrogens is 2. The summed E-state index contributed by atoms with van der Waals surface area (Å²) < 4.78 is 7.07. The Hall–Kier alpha value is -3.68. The number of amides is 1. The minimum absolute atomic E-state index is 0.0705. The average molecular weight is 366 g/mol. The fourth-order valence-electron chi connectivity index (χ4n) is 2.51. The zero-order chi connectivity index (χ0) is 19.2. The maximum Gasteiger partial charge on any atom is 0.310 e. The molecule has 3 aromatic rings. The van der Waals surface area contributed by atoms with Crippen LogP contribution in [0.4, 0.5) is 5.69 Å². The van der Waals surface area contributed by atoms with E-state index in [1.165, 1.54) is 17.0 Å². The lowest BCUT2D eigenvalue weighted by Crippen LogP contribution is -2.30. The summed E-state index contributed by atoms with van der Waals surface area (Å²) in [5.41, 5.74) is 1.62. The maximum absolute atomic E-state index is 12.3. The number of carbonyl (C=O) groups is 1. The van der Waals surface area contributed by atoms with E-state index >= 15 is 0 Å². The number of hydrogen-bond acceptors (Lipinski definition) is 5. The molecule has 0 saturated heterocycles. The van der Waals surface area contributed by atoms with Crippen LogP contribution in [0, 0.1) is 10.1 Å². The first-order valence-corrected chi connectivity index (χ1v) is 8.24. The first-order valence-electron chi connectivity index (χ1n) is 8.24. The second-order valence-corrected chi connectivity index (χ2v) is 5.89. The number of carbonyl (C=O) groups excluding carboxylic acids is 1. The molecule has 2 aromatic carbocycles. The van der Waals surface area contributed by atoms with E-state index in [9.17, 15) is 14.9 Å². The molecule has 3 rings (SSSR count). The van der Waals surface area contributed by atoms with Crippen molar-refractivity contribution < 1.29 is 14.5 Å². The number of likely N-dealkylation sites (N-methyl/N-ethyl adjacent to an activating group) is 1. The van der Waals surface area contributed by atoms with Crippen molar-refractivity contribution >= 4 is 11.6 Å². The van der Waals surface area contributed by atoms with Crippen LogP contribution >= 0.6 is 0 Å². The topological polar surface area (TPSA) is 90.5 Å². The van der Waals surface area contributed by atoms with Crippen molar-refractivity contribution in [1.82, 2.24) is 14.7 Å². The molecule has 0 aliphatic heterocycles. The van der Waals surface area contributed by atoms with E-state index in [1.807, 2.05) is 36.5 Å². The van der Waals surface area contributed by atoms with Crippen LogP contribution in [0.1, 0.15) is 5.56 Å². The largest absolute Gasteiger partial charge is 0.477 e. The number of hydrogen-bond donors (Lipinski definition) is 0. The Bertz CT molecular complexity index is 940. The van der Waals surface area contributed by atoms with Gasteiger partial charge in [0.1, 0.15) is 0 Å². The highest BCUT2D eigenvalue weighted by atomic mass is 16.6. The van der Waals surface area contributed by atoms with Gasteiger partial charge in [0.05, 0.1) is 16.8 Å². The Labute approximate surface area is 155 Å². The lowest BCUT2D eigenvalue weighted by Gasteiger charge is -2.16. The lowest BCUT2D eigenvalue weighted by molar-refractivity contribution is -0.385. The quantitative estimate of drug-likeness (QED) is 0.474. The van der Waals surface area contributed by atoms with Crippen molar-refractivity contribution in [2.24, 2.45) is 0 Å².